The van der Waals surface area contributed by atoms with E-state index in [0.29, 0.717) is 5.76 Å². The van der Waals surface area contributed by atoms with Crippen molar-refractivity contribution in [2.24, 2.45) is 0 Å². The number of amides is 1. The minimum absolute atomic E-state index is 0.113. The number of rotatable bonds is 3. The van der Waals surface area contributed by atoms with Gasteiger partial charge in [0, 0.05) is 6.08 Å². The predicted octanol–water partition coefficient (Wildman–Crippen LogP) is 1.71. The summed E-state index contributed by atoms with van der Waals surface area (Å²) in [6.07, 6.45) is 7.91. The molecule has 1 aliphatic rings. The highest BCUT2D eigenvalue weighted by Gasteiger charge is 2.23. The number of nitrogens with one attached hydrogen (secondary N) is 1. The predicted molar refractivity (Wildman–Crippen MR) is 64.1 cm³/mol. The maximum atomic E-state index is 11.6. The summed E-state index contributed by atoms with van der Waals surface area (Å²) in [5.41, 5.74) is 0. The quantitative estimate of drug-likeness (QED) is 0.784. The molecule has 4 nitrogen and oxygen atoms in total. The molecule has 2 rings (SSSR count). The van der Waals surface area contributed by atoms with Gasteiger partial charge in [0.05, 0.1) is 18.4 Å². The largest absolute Gasteiger partial charge is 0.465 e. The zero-order valence-corrected chi connectivity index (χ0v) is 9.63. The molecule has 1 amide bonds. The second-order valence-corrected chi connectivity index (χ2v) is 4.32. The van der Waals surface area contributed by atoms with Crippen molar-refractivity contribution in [2.75, 3.05) is 0 Å². The molecular formula is C13H17NO3. The fraction of sp³-hybridized carbons (Fsp3) is 0.462. The summed E-state index contributed by atoms with van der Waals surface area (Å²) in [6, 6.07) is 3.43. The van der Waals surface area contributed by atoms with Gasteiger partial charge in [0.2, 0.25) is 5.91 Å². The van der Waals surface area contributed by atoms with Crippen molar-refractivity contribution in [1.29, 1.82) is 0 Å². The highest BCUT2D eigenvalue weighted by molar-refractivity contribution is 5.91. The van der Waals surface area contributed by atoms with Gasteiger partial charge in [0.15, 0.2) is 0 Å². The fourth-order valence-corrected chi connectivity index (χ4v) is 2.05. The van der Waals surface area contributed by atoms with E-state index in [4.69, 9.17) is 4.42 Å². The Balaban J connectivity index is 1.84. The van der Waals surface area contributed by atoms with Gasteiger partial charge in [-0.05, 0) is 31.1 Å². The highest BCUT2D eigenvalue weighted by Crippen LogP contribution is 2.18. The van der Waals surface area contributed by atoms with Gasteiger partial charge in [-0.3, -0.25) is 4.79 Å². The molecule has 1 aromatic heterocycles. The summed E-state index contributed by atoms with van der Waals surface area (Å²) in [5.74, 6) is 0.455. The Morgan fingerprint density at radius 3 is 3.00 bits per heavy atom. The first-order valence-electron chi connectivity index (χ1n) is 5.96. The molecule has 0 spiro atoms. The first-order chi connectivity index (χ1) is 8.25. The molecule has 2 atom stereocenters. The number of aliphatic hydroxyl groups is 1. The molecule has 92 valence electrons. The van der Waals surface area contributed by atoms with Crippen molar-refractivity contribution in [3.8, 4) is 0 Å². The van der Waals surface area contributed by atoms with Crippen LogP contribution in [0.15, 0.2) is 28.9 Å². The van der Waals surface area contributed by atoms with Gasteiger partial charge in [-0.2, -0.15) is 0 Å². The number of aliphatic hydroxyl groups excluding tert-OH is 1. The van der Waals surface area contributed by atoms with Crippen molar-refractivity contribution < 1.29 is 14.3 Å². The van der Waals surface area contributed by atoms with E-state index in [2.05, 4.69) is 5.32 Å². The molecule has 2 N–H and O–H groups in total. The Morgan fingerprint density at radius 1 is 1.47 bits per heavy atom. The van der Waals surface area contributed by atoms with Crippen molar-refractivity contribution in [3.63, 3.8) is 0 Å². The molecular weight excluding hydrogens is 218 g/mol. The molecule has 2 unspecified atom stereocenters. The summed E-state index contributed by atoms with van der Waals surface area (Å²) in [6.45, 7) is 0. The lowest BCUT2D eigenvalue weighted by Crippen LogP contribution is -2.44. The molecule has 0 radical (unpaired) electrons. The minimum Gasteiger partial charge on any atom is -0.465 e. The van der Waals surface area contributed by atoms with E-state index in [1.54, 1.807) is 24.5 Å². The van der Waals surface area contributed by atoms with E-state index >= 15 is 0 Å². The monoisotopic (exact) mass is 235 g/mol. The maximum absolute atomic E-state index is 11.6. The number of hydrogen-bond acceptors (Lipinski definition) is 3. The van der Waals surface area contributed by atoms with Crippen LogP contribution in [0.5, 0.6) is 0 Å². The number of hydrogen-bond donors (Lipinski definition) is 2. The van der Waals surface area contributed by atoms with Crippen molar-refractivity contribution in [1.82, 2.24) is 5.32 Å². The van der Waals surface area contributed by atoms with Gasteiger partial charge in [-0.25, -0.2) is 0 Å². The van der Waals surface area contributed by atoms with Crippen LogP contribution in [-0.4, -0.2) is 23.2 Å². The number of carbonyl (C=O) groups excluding carboxylic acids is 1. The molecule has 0 aliphatic heterocycles. The summed E-state index contributed by atoms with van der Waals surface area (Å²) in [7, 11) is 0. The van der Waals surface area contributed by atoms with Gasteiger partial charge in [0.25, 0.3) is 0 Å². The topological polar surface area (TPSA) is 62.5 Å². The normalized spacial score (nSPS) is 25.0. The summed E-state index contributed by atoms with van der Waals surface area (Å²) >= 11 is 0. The molecule has 1 saturated carbocycles. The van der Waals surface area contributed by atoms with Gasteiger partial charge >= 0.3 is 0 Å². The summed E-state index contributed by atoms with van der Waals surface area (Å²) < 4.78 is 5.08. The maximum Gasteiger partial charge on any atom is 0.244 e. The lowest BCUT2D eigenvalue weighted by atomic mass is 9.92. The van der Waals surface area contributed by atoms with Crippen LogP contribution in [0.4, 0.5) is 0 Å². The van der Waals surface area contributed by atoms with Gasteiger partial charge in [-0.1, -0.05) is 12.8 Å². The SMILES string of the molecule is O=C(C=Cc1ccco1)NC1CCCCC1O. The third-order valence-corrected chi connectivity index (χ3v) is 3.00. The molecule has 1 aliphatic carbocycles. The second-order valence-electron chi connectivity index (χ2n) is 4.32. The average Bonchev–Trinajstić information content (AvgIpc) is 2.82. The molecule has 0 saturated heterocycles. The standard InChI is InChI=1S/C13H17NO3/c15-12-6-2-1-5-11(12)14-13(16)8-7-10-4-3-9-17-10/h3-4,7-9,11-12,15H,1-2,5-6H2,(H,14,16). The minimum atomic E-state index is -0.412. The van der Waals surface area contributed by atoms with E-state index in [1.165, 1.54) is 6.08 Å². The van der Waals surface area contributed by atoms with E-state index < -0.39 is 6.10 Å². The van der Waals surface area contributed by atoms with Crippen LogP contribution in [0.2, 0.25) is 0 Å². The second kappa shape index (κ2) is 5.68. The summed E-state index contributed by atoms with van der Waals surface area (Å²) in [5, 5.41) is 12.5. The third-order valence-electron chi connectivity index (χ3n) is 3.00. The smallest absolute Gasteiger partial charge is 0.244 e. The lowest BCUT2D eigenvalue weighted by Gasteiger charge is -2.27. The van der Waals surface area contributed by atoms with Gasteiger partial charge in [0.1, 0.15) is 5.76 Å². The molecule has 1 aromatic rings. The highest BCUT2D eigenvalue weighted by atomic mass is 16.3. The molecule has 0 aromatic carbocycles. The van der Waals surface area contributed by atoms with Crippen LogP contribution in [-0.2, 0) is 4.79 Å². The van der Waals surface area contributed by atoms with E-state index in [1.807, 2.05) is 0 Å². The van der Waals surface area contributed by atoms with Crippen LogP contribution < -0.4 is 5.32 Å². The Kier molecular flexibility index (Phi) is 3.98. The number of carbonyl (C=O) groups is 1. The first-order valence-corrected chi connectivity index (χ1v) is 5.96. The van der Waals surface area contributed by atoms with Crippen LogP contribution in [0.25, 0.3) is 6.08 Å². The van der Waals surface area contributed by atoms with Gasteiger partial charge < -0.3 is 14.8 Å². The Hall–Kier alpha value is -1.55. The summed E-state index contributed by atoms with van der Waals surface area (Å²) in [4.78, 5) is 11.6. The van der Waals surface area contributed by atoms with E-state index in [-0.39, 0.29) is 11.9 Å². The average molecular weight is 235 g/mol. The molecule has 1 fully saturated rings. The fourth-order valence-electron chi connectivity index (χ4n) is 2.05. The zero-order valence-electron chi connectivity index (χ0n) is 9.63. The van der Waals surface area contributed by atoms with Crippen LogP contribution >= 0.6 is 0 Å². The van der Waals surface area contributed by atoms with Crippen molar-refractivity contribution >= 4 is 12.0 Å². The van der Waals surface area contributed by atoms with E-state index in [0.717, 1.165) is 25.7 Å². The van der Waals surface area contributed by atoms with Crippen LogP contribution in [0.1, 0.15) is 31.4 Å². The first kappa shape index (κ1) is 11.9. The zero-order chi connectivity index (χ0) is 12.1. The third kappa shape index (κ3) is 3.46. The molecule has 4 heteroatoms. The number of furan rings is 1. The lowest BCUT2D eigenvalue weighted by molar-refractivity contribution is -0.118. The van der Waals surface area contributed by atoms with Gasteiger partial charge in [-0.15, -0.1) is 0 Å². The molecule has 0 bridgehead atoms. The van der Waals surface area contributed by atoms with Crippen LogP contribution in [0.3, 0.4) is 0 Å². The Bertz CT molecular complexity index is 383. The van der Waals surface area contributed by atoms with Crippen molar-refractivity contribution in [3.05, 3.63) is 30.2 Å². The van der Waals surface area contributed by atoms with Crippen LogP contribution in [0, 0.1) is 0 Å². The Morgan fingerprint density at radius 2 is 2.29 bits per heavy atom. The van der Waals surface area contributed by atoms with E-state index in [9.17, 15) is 9.90 Å². The Labute approximate surface area is 100 Å². The molecule has 17 heavy (non-hydrogen) atoms. The molecule has 1 heterocycles. The van der Waals surface area contributed by atoms with Crippen molar-refractivity contribution in [2.45, 2.75) is 37.8 Å².